The minimum atomic E-state index is 0.0844. The maximum absolute atomic E-state index is 11.7. The van der Waals surface area contributed by atoms with E-state index < -0.39 is 0 Å². The van der Waals surface area contributed by atoms with Crippen LogP contribution in [-0.2, 0) is 11.2 Å². The molecule has 0 aliphatic rings. The molecule has 94 valence electrons. The predicted octanol–water partition coefficient (Wildman–Crippen LogP) is 2.78. The molecule has 1 unspecified atom stereocenters. The quantitative estimate of drug-likeness (QED) is 0.778. The Bertz CT molecular complexity index is 351. The number of carbonyl (C=O) groups is 1. The topological polar surface area (TPSA) is 29.1 Å². The highest BCUT2D eigenvalue weighted by Gasteiger charge is 2.07. The van der Waals surface area contributed by atoms with Crippen LogP contribution in [0, 0.1) is 0 Å². The third kappa shape index (κ3) is 6.03. The van der Waals surface area contributed by atoms with Crippen molar-refractivity contribution >= 4 is 30.3 Å². The summed E-state index contributed by atoms with van der Waals surface area (Å²) in [5, 5.41) is 3.00. The van der Waals surface area contributed by atoms with Crippen molar-refractivity contribution in [2.24, 2.45) is 0 Å². The molecule has 1 amide bonds. The molecule has 0 aromatic heterocycles. The molecule has 2 nitrogen and oxygen atoms in total. The number of thiol groups is 1. The van der Waals surface area contributed by atoms with Crippen molar-refractivity contribution in [1.82, 2.24) is 5.32 Å². The van der Waals surface area contributed by atoms with Crippen molar-refractivity contribution in [1.29, 1.82) is 0 Å². The summed E-state index contributed by atoms with van der Waals surface area (Å²) in [5.74, 6) is 2.14. The molecule has 0 heterocycles. The molecule has 1 rings (SSSR count). The van der Waals surface area contributed by atoms with Gasteiger partial charge in [0.25, 0.3) is 0 Å². The summed E-state index contributed by atoms with van der Waals surface area (Å²) in [6.45, 7) is 4.16. The number of hydrogen-bond acceptors (Lipinski definition) is 3. The minimum absolute atomic E-state index is 0.0844. The lowest BCUT2D eigenvalue weighted by Gasteiger charge is -2.13. The summed E-state index contributed by atoms with van der Waals surface area (Å²) >= 11 is 6.05. The molecule has 4 heteroatoms. The molecular formula is C13H19NOS2. The summed E-state index contributed by atoms with van der Waals surface area (Å²) in [6.07, 6.45) is 0.440. The number of nitrogens with one attached hydrogen (secondary N) is 1. The van der Waals surface area contributed by atoms with E-state index in [2.05, 4.69) is 24.9 Å². The Morgan fingerprint density at radius 3 is 2.65 bits per heavy atom. The first-order valence-electron chi connectivity index (χ1n) is 5.76. The van der Waals surface area contributed by atoms with Gasteiger partial charge in [-0.05, 0) is 30.4 Å². The lowest BCUT2D eigenvalue weighted by Crippen LogP contribution is -2.35. The standard InChI is InChI=1S/C13H19NOS2/c1-3-17-9-10(2)14-13(15)8-11-4-6-12(16)7-5-11/h4-7,10,16H,3,8-9H2,1-2H3,(H,14,15). The van der Waals surface area contributed by atoms with Crippen LogP contribution in [0.5, 0.6) is 0 Å². The molecule has 0 fully saturated rings. The first-order valence-corrected chi connectivity index (χ1v) is 7.37. The van der Waals surface area contributed by atoms with Gasteiger partial charge >= 0.3 is 0 Å². The molecule has 0 spiro atoms. The van der Waals surface area contributed by atoms with Gasteiger partial charge in [-0.25, -0.2) is 0 Å². The molecular weight excluding hydrogens is 250 g/mol. The zero-order valence-electron chi connectivity index (χ0n) is 10.3. The van der Waals surface area contributed by atoms with Crippen molar-refractivity contribution < 1.29 is 4.79 Å². The molecule has 1 N–H and O–H groups in total. The normalized spacial score (nSPS) is 12.2. The summed E-state index contributed by atoms with van der Waals surface area (Å²) in [5.41, 5.74) is 1.02. The van der Waals surface area contributed by atoms with Crippen LogP contribution in [-0.4, -0.2) is 23.5 Å². The molecule has 0 saturated heterocycles. The van der Waals surface area contributed by atoms with E-state index in [0.29, 0.717) is 6.42 Å². The van der Waals surface area contributed by atoms with Gasteiger partial charge < -0.3 is 5.32 Å². The number of thioether (sulfide) groups is 1. The maximum Gasteiger partial charge on any atom is 0.224 e. The van der Waals surface area contributed by atoms with E-state index in [1.54, 1.807) is 0 Å². The molecule has 0 aliphatic carbocycles. The SMILES string of the molecule is CCSCC(C)NC(=O)Cc1ccc(S)cc1. The number of rotatable bonds is 6. The molecule has 17 heavy (non-hydrogen) atoms. The van der Waals surface area contributed by atoms with Crippen LogP contribution >= 0.6 is 24.4 Å². The Morgan fingerprint density at radius 2 is 2.06 bits per heavy atom. The van der Waals surface area contributed by atoms with Crippen molar-refractivity contribution in [3.8, 4) is 0 Å². The monoisotopic (exact) mass is 269 g/mol. The van der Waals surface area contributed by atoms with Gasteiger partial charge in [-0.3, -0.25) is 4.79 Å². The first kappa shape index (κ1) is 14.5. The lowest BCUT2D eigenvalue weighted by molar-refractivity contribution is -0.120. The van der Waals surface area contributed by atoms with E-state index in [-0.39, 0.29) is 11.9 Å². The molecule has 0 aliphatic heterocycles. The Labute approximate surface area is 113 Å². The third-order valence-electron chi connectivity index (χ3n) is 2.28. The molecule has 0 bridgehead atoms. The van der Waals surface area contributed by atoms with Crippen LogP contribution in [0.25, 0.3) is 0 Å². The molecule has 0 radical (unpaired) electrons. The maximum atomic E-state index is 11.7. The molecule has 0 saturated carbocycles. The molecule has 1 atom stereocenters. The summed E-state index contributed by atoms with van der Waals surface area (Å²) in [4.78, 5) is 12.6. The second kappa shape index (κ2) is 7.67. The Kier molecular flexibility index (Phi) is 6.52. The summed E-state index contributed by atoms with van der Waals surface area (Å²) in [7, 11) is 0. The van der Waals surface area contributed by atoms with Crippen molar-refractivity contribution in [2.75, 3.05) is 11.5 Å². The van der Waals surface area contributed by atoms with Gasteiger partial charge in [-0.1, -0.05) is 19.1 Å². The van der Waals surface area contributed by atoms with Crippen molar-refractivity contribution in [3.63, 3.8) is 0 Å². The van der Waals surface area contributed by atoms with Crippen LogP contribution < -0.4 is 5.32 Å². The van der Waals surface area contributed by atoms with Crippen molar-refractivity contribution in [3.05, 3.63) is 29.8 Å². The molecule has 1 aromatic carbocycles. The van der Waals surface area contributed by atoms with Gasteiger partial charge in [0.05, 0.1) is 6.42 Å². The van der Waals surface area contributed by atoms with Crippen LogP contribution in [0.3, 0.4) is 0 Å². The smallest absolute Gasteiger partial charge is 0.224 e. The fraction of sp³-hybridized carbons (Fsp3) is 0.462. The second-order valence-corrected chi connectivity index (χ2v) is 5.81. The number of benzene rings is 1. The van der Waals surface area contributed by atoms with Crippen LogP contribution in [0.1, 0.15) is 19.4 Å². The van der Waals surface area contributed by atoms with Crippen LogP contribution in [0.2, 0.25) is 0 Å². The Hall–Kier alpha value is -0.610. The third-order valence-corrected chi connectivity index (χ3v) is 3.72. The average Bonchev–Trinajstić information content (AvgIpc) is 2.29. The zero-order chi connectivity index (χ0) is 12.7. The fourth-order valence-corrected chi connectivity index (χ4v) is 2.28. The van der Waals surface area contributed by atoms with E-state index in [4.69, 9.17) is 0 Å². The number of hydrogen-bond donors (Lipinski definition) is 2. The summed E-state index contributed by atoms with van der Waals surface area (Å²) < 4.78 is 0. The highest BCUT2D eigenvalue weighted by atomic mass is 32.2. The molecule has 1 aromatic rings. The highest BCUT2D eigenvalue weighted by molar-refractivity contribution is 7.99. The number of carbonyl (C=O) groups excluding carboxylic acids is 1. The van der Waals surface area contributed by atoms with Crippen LogP contribution in [0.4, 0.5) is 0 Å². The van der Waals surface area contributed by atoms with E-state index in [9.17, 15) is 4.79 Å². The van der Waals surface area contributed by atoms with Crippen molar-refractivity contribution in [2.45, 2.75) is 31.2 Å². The zero-order valence-corrected chi connectivity index (χ0v) is 12.0. The van der Waals surface area contributed by atoms with E-state index >= 15 is 0 Å². The second-order valence-electron chi connectivity index (χ2n) is 3.97. The number of amides is 1. The van der Waals surface area contributed by atoms with E-state index in [1.807, 2.05) is 43.0 Å². The largest absolute Gasteiger partial charge is 0.353 e. The summed E-state index contributed by atoms with van der Waals surface area (Å²) in [6, 6.07) is 7.92. The van der Waals surface area contributed by atoms with Gasteiger partial charge in [0.15, 0.2) is 0 Å². The first-order chi connectivity index (χ1) is 8.11. The van der Waals surface area contributed by atoms with Gasteiger partial charge in [0.1, 0.15) is 0 Å². The lowest BCUT2D eigenvalue weighted by atomic mass is 10.1. The minimum Gasteiger partial charge on any atom is -0.353 e. The van der Waals surface area contributed by atoms with Gasteiger partial charge in [0.2, 0.25) is 5.91 Å². The van der Waals surface area contributed by atoms with Gasteiger partial charge in [-0.15, -0.1) is 12.6 Å². The van der Waals surface area contributed by atoms with Gasteiger partial charge in [0, 0.05) is 16.7 Å². The van der Waals surface area contributed by atoms with Gasteiger partial charge in [-0.2, -0.15) is 11.8 Å². The predicted molar refractivity (Wildman–Crippen MR) is 78.0 cm³/mol. The average molecular weight is 269 g/mol. The van der Waals surface area contributed by atoms with Crippen LogP contribution in [0.15, 0.2) is 29.2 Å². The fourth-order valence-electron chi connectivity index (χ4n) is 1.46. The van der Waals surface area contributed by atoms with E-state index in [1.165, 1.54) is 0 Å². The Balaban J connectivity index is 2.36. The highest BCUT2D eigenvalue weighted by Crippen LogP contribution is 2.08. The van der Waals surface area contributed by atoms with E-state index in [0.717, 1.165) is 22.0 Å². The Morgan fingerprint density at radius 1 is 1.41 bits per heavy atom.